The van der Waals surface area contributed by atoms with Crippen LogP contribution in [-0.4, -0.2) is 47.6 Å². The highest BCUT2D eigenvalue weighted by Gasteiger charge is 2.46. The summed E-state index contributed by atoms with van der Waals surface area (Å²) in [5, 5.41) is 19.2. The van der Waals surface area contributed by atoms with E-state index in [-0.39, 0.29) is 12.2 Å². The van der Waals surface area contributed by atoms with Gasteiger partial charge in [-0.05, 0) is 6.07 Å². The van der Waals surface area contributed by atoms with Crippen molar-refractivity contribution in [3.05, 3.63) is 22.7 Å². The maximum atomic E-state index is 11.6. The quantitative estimate of drug-likeness (QED) is 0.395. The third kappa shape index (κ3) is 2.90. The molecular formula is C9H14N3O7P. The van der Waals surface area contributed by atoms with Gasteiger partial charge in [-0.3, -0.25) is 9.13 Å². The molecule has 0 bridgehead atoms. The van der Waals surface area contributed by atoms with Gasteiger partial charge in [-0.25, -0.2) is 4.79 Å². The van der Waals surface area contributed by atoms with Crippen molar-refractivity contribution in [2.24, 2.45) is 0 Å². The molecule has 6 N–H and O–H groups in total. The zero-order valence-corrected chi connectivity index (χ0v) is 11.0. The second-order valence-electron chi connectivity index (χ2n) is 4.40. The largest absolute Gasteiger partial charge is 0.390 e. The maximum Gasteiger partial charge on any atom is 0.356 e. The average molecular weight is 307 g/mol. The van der Waals surface area contributed by atoms with Gasteiger partial charge in [0, 0.05) is 12.6 Å². The molecule has 2 heterocycles. The van der Waals surface area contributed by atoms with Crippen molar-refractivity contribution in [3.63, 3.8) is 0 Å². The molecule has 1 aliphatic rings. The van der Waals surface area contributed by atoms with Gasteiger partial charge in [-0.15, -0.1) is 0 Å². The summed E-state index contributed by atoms with van der Waals surface area (Å²) in [6.45, 7) is 0. The predicted octanol–water partition coefficient (Wildman–Crippen LogP) is -2.03. The molecule has 1 saturated heterocycles. The van der Waals surface area contributed by atoms with E-state index in [0.717, 1.165) is 4.57 Å². The molecule has 1 aromatic rings. The lowest BCUT2D eigenvalue weighted by atomic mass is 10.2. The van der Waals surface area contributed by atoms with Crippen LogP contribution in [-0.2, 0) is 9.30 Å². The molecule has 1 aromatic heterocycles. The Kier molecular flexibility index (Phi) is 3.96. The molecule has 1 unspecified atom stereocenters. The second-order valence-corrected chi connectivity index (χ2v) is 6.11. The van der Waals surface area contributed by atoms with Gasteiger partial charge < -0.3 is 30.5 Å². The number of nitrogens with two attached hydrogens (primary N) is 1. The van der Waals surface area contributed by atoms with Crippen molar-refractivity contribution < 1.29 is 29.3 Å². The van der Waals surface area contributed by atoms with E-state index in [9.17, 15) is 19.6 Å². The number of anilines is 1. The zero-order valence-electron chi connectivity index (χ0n) is 10.1. The summed E-state index contributed by atoms with van der Waals surface area (Å²) >= 11 is 0. The molecule has 0 radical (unpaired) electrons. The minimum Gasteiger partial charge on any atom is -0.390 e. The first-order chi connectivity index (χ1) is 9.20. The summed E-state index contributed by atoms with van der Waals surface area (Å²) in [6, 6.07) is 1.34. The molecule has 1 fully saturated rings. The minimum atomic E-state index is -4.83. The van der Waals surface area contributed by atoms with E-state index in [0.29, 0.717) is 0 Å². The average Bonchev–Trinajstić information content (AvgIpc) is 2.68. The normalized spacial score (nSPS) is 28.5. The molecule has 10 nitrogen and oxygen atoms in total. The van der Waals surface area contributed by atoms with E-state index in [1.165, 1.54) is 12.3 Å². The maximum absolute atomic E-state index is 11.6. The molecule has 0 aliphatic carbocycles. The lowest BCUT2D eigenvalue weighted by Crippen LogP contribution is -2.34. The van der Waals surface area contributed by atoms with Crippen LogP contribution in [0, 0.1) is 0 Å². The molecule has 1 aliphatic heterocycles. The van der Waals surface area contributed by atoms with Gasteiger partial charge in [0.05, 0.1) is 6.10 Å². The van der Waals surface area contributed by atoms with Crippen LogP contribution in [0.1, 0.15) is 12.6 Å². The van der Waals surface area contributed by atoms with Crippen LogP contribution in [0.4, 0.5) is 5.82 Å². The Morgan fingerprint density at radius 2 is 2.20 bits per heavy atom. The molecule has 0 spiro atoms. The Morgan fingerprint density at radius 3 is 2.75 bits per heavy atom. The number of hydrogen-bond donors (Lipinski definition) is 5. The van der Waals surface area contributed by atoms with E-state index < -0.39 is 37.6 Å². The smallest absolute Gasteiger partial charge is 0.356 e. The summed E-state index contributed by atoms with van der Waals surface area (Å²) < 4.78 is 17.2. The fourth-order valence-electron chi connectivity index (χ4n) is 1.95. The number of ether oxygens (including phenoxy) is 1. The fourth-order valence-corrected chi connectivity index (χ4v) is 2.60. The van der Waals surface area contributed by atoms with E-state index >= 15 is 0 Å². The van der Waals surface area contributed by atoms with Crippen molar-refractivity contribution in [2.75, 3.05) is 5.73 Å². The molecule has 20 heavy (non-hydrogen) atoms. The van der Waals surface area contributed by atoms with Crippen LogP contribution < -0.4 is 11.4 Å². The van der Waals surface area contributed by atoms with Crippen molar-refractivity contribution in [2.45, 2.75) is 30.7 Å². The summed E-state index contributed by atoms with van der Waals surface area (Å²) in [6.07, 6.45) is -2.64. The standard InChI is InChI=1S/C9H14N3O7P/c10-5-1-2-12(9(15)11-5)6-3-4(13)7(19-6)8(14)20(16,17)18/h1-2,4,6-8,13-14H,3H2,(H2,10,11,15)(H2,16,17,18)/t4-,6+,7-,8?/m0/s1. The molecule has 2 rings (SSSR count). The Hall–Kier alpha value is -1.29. The van der Waals surface area contributed by atoms with Gasteiger partial charge in [-0.1, -0.05) is 0 Å². The second kappa shape index (κ2) is 5.24. The monoisotopic (exact) mass is 307 g/mol. The number of aliphatic hydroxyl groups excluding tert-OH is 2. The summed E-state index contributed by atoms with van der Waals surface area (Å²) in [7, 11) is -4.83. The molecule has 4 atom stereocenters. The van der Waals surface area contributed by atoms with Crippen LogP contribution in [0.3, 0.4) is 0 Å². The Labute approximate surface area is 112 Å². The number of rotatable bonds is 3. The summed E-state index contributed by atoms with van der Waals surface area (Å²) in [5.74, 6) is -2.16. The van der Waals surface area contributed by atoms with Crippen molar-refractivity contribution in [3.8, 4) is 0 Å². The van der Waals surface area contributed by atoms with Crippen LogP contribution in [0.2, 0.25) is 0 Å². The predicted molar refractivity (Wildman–Crippen MR) is 65.5 cm³/mol. The Bertz CT molecular complexity index is 599. The third-order valence-electron chi connectivity index (χ3n) is 2.94. The van der Waals surface area contributed by atoms with Crippen LogP contribution in [0.25, 0.3) is 0 Å². The van der Waals surface area contributed by atoms with Crippen molar-refractivity contribution >= 4 is 13.4 Å². The molecule has 0 saturated carbocycles. The first-order valence-electron chi connectivity index (χ1n) is 5.61. The van der Waals surface area contributed by atoms with E-state index in [1.54, 1.807) is 0 Å². The van der Waals surface area contributed by atoms with Gasteiger partial charge in [0.1, 0.15) is 18.1 Å². The topological polar surface area (TPSA) is 168 Å². The lowest BCUT2D eigenvalue weighted by molar-refractivity contribution is -0.0644. The lowest BCUT2D eigenvalue weighted by Gasteiger charge is -2.21. The van der Waals surface area contributed by atoms with Gasteiger partial charge in [0.15, 0.2) is 5.85 Å². The number of nitrogens with zero attached hydrogens (tertiary/aromatic N) is 2. The van der Waals surface area contributed by atoms with Gasteiger partial charge >= 0.3 is 13.3 Å². The number of nitrogen functional groups attached to an aromatic ring is 1. The highest BCUT2D eigenvalue weighted by atomic mass is 31.2. The first kappa shape index (κ1) is 15.1. The molecular weight excluding hydrogens is 293 g/mol. The van der Waals surface area contributed by atoms with Crippen molar-refractivity contribution in [1.82, 2.24) is 9.55 Å². The molecule has 11 heteroatoms. The van der Waals surface area contributed by atoms with Gasteiger partial charge in [0.2, 0.25) is 0 Å². The number of aliphatic hydroxyl groups is 2. The van der Waals surface area contributed by atoms with Crippen LogP contribution in [0.5, 0.6) is 0 Å². The third-order valence-corrected chi connectivity index (χ3v) is 3.92. The highest BCUT2D eigenvalue weighted by molar-refractivity contribution is 7.52. The highest BCUT2D eigenvalue weighted by Crippen LogP contribution is 2.46. The summed E-state index contributed by atoms with van der Waals surface area (Å²) in [4.78, 5) is 32.8. The molecule has 0 amide bonds. The minimum absolute atomic E-state index is 0.0107. The fraction of sp³-hybridized carbons (Fsp3) is 0.556. The van der Waals surface area contributed by atoms with E-state index in [2.05, 4.69) is 4.98 Å². The zero-order chi connectivity index (χ0) is 15.1. The first-order valence-corrected chi connectivity index (χ1v) is 7.30. The number of aromatic nitrogens is 2. The van der Waals surface area contributed by atoms with Crippen molar-refractivity contribution in [1.29, 1.82) is 0 Å². The van der Waals surface area contributed by atoms with E-state index in [4.69, 9.17) is 20.3 Å². The van der Waals surface area contributed by atoms with Gasteiger partial charge in [-0.2, -0.15) is 4.98 Å². The molecule has 112 valence electrons. The number of hydrogen-bond acceptors (Lipinski definition) is 7. The SMILES string of the molecule is Nc1ccn([C@H]2C[C@H](O)[C@@H](C(O)P(=O)(O)O)O2)c(=O)n1. The van der Waals surface area contributed by atoms with Crippen LogP contribution in [0.15, 0.2) is 17.1 Å². The molecule has 0 aromatic carbocycles. The Morgan fingerprint density at radius 1 is 1.55 bits per heavy atom. The summed E-state index contributed by atoms with van der Waals surface area (Å²) in [5.41, 5.74) is 4.60. The van der Waals surface area contributed by atoms with Crippen LogP contribution >= 0.6 is 7.60 Å². The Balaban J connectivity index is 2.22. The van der Waals surface area contributed by atoms with Gasteiger partial charge in [0.25, 0.3) is 0 Å². The van der Waals surface area contributed by atoms with E-state index in [1.807, 2.05) is 0 Å².